The van der Waals surface area contributed by atoms with E-state index in [9.17, 15) is 4.79 Å². The van der Waals surface area contributed by atoms with Crippen molar-refractivity contribution in [3.63, 3.8) is 0 Å². The van der Waals surface area contributed by atoms with Crippen molar-refractivity contribution < 1.29 is 14.6 Å². The average molecular weight is 201 g/mol. The van der Waals surface area contributed by atoms with Crippen LogP contribution >= 0.6 is 0 Å². The Morgan fingerprint density at radius 3 is 3.07 bits per heavy atom. The summed E-state index contributed by atoms with van der Waals surface area (Å²) in [6.07, 6.45) is 3.28. The summed E-state index contributed by atoms with van der Waals surface area (Å²) >= 11 is 0. The van der Waals surface area contributed by atoms with Crippen molar-refractivity contribution in [2.45, 2.75) is 44.8 Å². The van der Waals surface area contributed by atoms with Gasteiger partial charge >= 0.3 is 0 Å². The van der Waals surface area contributed by atoms with Gasteiger partial charge in [-0.05, 0) is 26.2 Å². The zero-order valence-electron chi connectivity index (χ0n) is 8.66. The lowest BCUT2D eigenvalue weighted by Crippen LogP contribution is -2.30. The lowest BCUT2D eigenvalue weighted by molar-refractivity contribution is -0.122. The number of aliphatic hydroxyl groups is 1. The van der Waals surface area contributed by atoms with Gasteiger partial charge in [-0.3, -0.25) is 4.79 Å². The average Bonchev–Trinajstić information content (AvgIpc) is 2.63. The number of nitrogens with one attached hydrogen (secondary N) is 1. The van der Waals surface area contributed by atoms with Crippen molar-refractivity contribution in [3.05, 3.63) is 0 Å². The van der Waals surface area contributed by atoms with Gasteiger partial charge in [0.15, 0.2) is 0 Å². The minimum atomic E-state index is -0.471. The minimum absolute atomic E-state index is 0.00130. The molecule has 14 heavy (non-hydrogen) atoms. The van der Waals surface area contributed by atoms with E-state index in [1.165, 1.54) is 0 Å². The Kier molecular flexibility index (Phi) is 4.90. The second kappa shape index (κ2) is 5.98. The normalized spacial score (nSPS) is 23.4. The molecule has 82 valence electrons. The molecule has 0 bridgehead atoms. The molecular formula is C10H19NO3. The first-order valence-corrected chi connectivity index (χ1v) is 5.25. The molecule has 0 aromatic rings. The van der Waals surface area contributed by atoms with Crippen LogP contribution in [0.2, 0.25) is 0 Å². The number of carbonyl (C=O) groups excluding carboxylic acids is 1. The molecule has 4 heteroatoms. The zero-order valence-corrected chi connectivity index (χ0v) is 8.66. The van der Waals surface area contributed by atoms with Crippen molar-refractivity contribution in [1.82, 2.24) is 5.32 Å². The molecule has 0 aliphatic carbocycles. The largest absolute Gasteiger partial charge is 0.392 e. The van der Waals surface area contributed by atoms with E-state index < -0.39 is 6.10 Å². The highest BCUT2D eigenvalue weighted by molar-refractivity contribution is 5.75. The van der Waals surface area contributed by atoms with E-state index >= 15 is 0 Å². The van der Waals surface area contributed by atoms with Crippen molar-refractivity contribution in [2.75, 3.05) is 13.2 Å². The number of hydrogen-bond donors (Lipinski definition) is 2. The predicted octanol–water partition coefficient (Wildman–Crippen LogP) is 0.443. The molecule has 1 fully saturated rings. The molecule has 1 saturated heterocycles. The molecular weight excluding hydrogens is 182 g/mol. The van der Waals surface area contributed by atoms with E-state index in [4.69, 9.17) is 9.84 Å². The van der Waals surface area contributed by atoms with E-state index in [-0.39, 0.29) is 12.0 Å². The Hall–Kier alpha value is -0.610. The number of amides is 1. The van der Waals surface area contributed by atoms with E-state index in [0.717, 1.165) is 25.9 Å². The van der Waals surface area contributed by atoms with Gasteiger partial charge in [-0.2, -0.15) is 0 Å². The van der Waals surface area contributed by atoms with Crippen molar-refractivity contribution in [2.24, 2.45) is 0 Å². The van der Waals surface area contributed by atoms with Gasteiger partial charge in [-0.25, -0.2) is 0 Å². The third-order valence-electron chi connectivity index (χ3n) is 2.31. The Labute approximate surface area is 84.6 Å². The summed E-state index contributed by atoms with van der Waals surface area (Å²) in [6, 6.07) is 0. The lowest BCUT2D eigenvalue weighted by Gasteiger charge is -2.10. The maximum atomic E-state index is 11.2. The predicted molar refractivity (Wildman–Crippen MR) is 52.9 cm³/mol. The third-order valence-corrected chi connectivity index (χ3v) is 2.31. The van der Waals surface area contributed by atoms with Crippen LogP contribution in [0, 0.1) is 0 Å². The van der Waals surface area contributed by atoms with Gasteiger partial charge in [0.1, 0.15) is 0 Å². The van der Waals surface area contributed by atoms with Crippen molar-refractivity contribution >= 4 is 5.91 Å². The second-order valence-electron chi connectivity index (χ2n) is 3.83. The first-order chi connectivity index (χ1) is 6.68. The van der Waals surface area contributed by atoms with Crippen LogP contribution in [0.1, 0.15) is 32.6 Å². The minimum Gasteiger partial charge on any atom is -0.392 e. The number of aliphatic hydroxyl groups excluding tert-OH is 1. The standard InChI is InChI=1S/C10H19NO3/c1-8(12)7-11-10(13)5-4-9-3-2-6-14-9/h8-9,12H,2-7H2,1H3,(H,11,13)/t8-,9-/m0/s1. The van der Waals surface area contributed by atoms with Crippen LogP contribution in [0.5, 0.6) is 0 Å². The van der Waals surface area contributed by atoms with E-state index in [1.807, 2.05) is 0 Å². The maximum absolute atomic E-state index is 11.2. The summed E-state index contributed by atoms with van der Waals surface area (Å²) in [5.74, 6) is 0.00130. The van der Waals surface area contributed by atoms with Gasteiger partial charge in [0.2, 0.25) is 5.91 Å². The Morgan fingerprint density at radius 1 is 1.71 bits per heavy atom. The number of carbonyl (C=O) groups is 1. The SMILES string of the molecule is C[C@H](O)CNC(=O)CC[C@@H]1CCCO1. The van der Waals surface area contributed by atoms with Gasteiger partial charge in [0.05, 0.1) is 12.2 Å². The van der Waals surface area contributed by atoms with Gasteiger partial charge in [-0.15, -0.1) is 0 Å². The number of ether oxygens (including phenoxy) is 1. The quantitative estimate of drug-likeness (QED) is 0.678. The zero-order chi connectivity index (χ0) is 10.4. The van der Waals surface area contributed by atoms with E-state index in [2.05, 4.69) is 5.32 Å². The molecule has 4 nitrogen and oxygen atoms in total. The molecule has 0 unspecified atom stereocenters. The van der Waals surface area contributed by atoms with Crippen LogP contribution in [0.25, 0.3) is 0 Å². The fourth-order valence-electron chi connectivity index (χ4n) is 1.51. The number of hydrogen-bond acceptors (Lipinski definition) is 3. The summed E-state index contributed by atoms with van der Waals surface area (Å²) in [6.45, 7) is 2.82. The highest BCUT2D eigenvalue weighted by Crippen LogP contribution is 2.16. The summed E-state index contributed by atoms with van der Waals surface area (Å²) < 4.78 is 5.40. The summed E-state index contributed by atoms with van der Waals surface area (Å²) in [4.78, 5) is 11.2. The molecule has 0 radical (unpaired) electrons. The van der Waals surface area contributed by atoms with Crippen LogP contribution < -0.4 is 5.32 Å². The molecule has 1 rings (SSSR count). The van der Waals surface area contributed by atoms with Crippen LogP contribution in [0.4, 0.5) is 0 Å². The second-order valence-corrected chi connectivity index (χ2v) is 3.83. The Balaban J connectivity index is 2.02. The molecule has 2 atom stereocenters. The Morgan fingerprint density at radius 2 is 2.50 bits per heavy atom. The topological polar surface area (TPSA) is 58.6 Å². The van der Waals surface area contributed by atoms with Crippen LogP contribution in [-0.2, 0) is 9.53 Å². The lowest BCUT2D eigenvalue weighted by atomic mass is 10.1. The van der Waals surface area contributed by atoms with E-state index in [1.54, 1.807) is 6.92 Å². The molecule has 0 saturated carbocycles. The molecule has 0 aromatic carbocycles. The summed E-state index contributed by atoms with van der Waals surface area (Å²) in [5.41, 5.74) is 0. The first kappa shape index (κ1) is 11.5. The van der Waals surface area contributed by atoms with Crippen molar-refractivity contribution in [1.29, 1.82) is 0 Å². The molecule has 1 heterocycles. The maximum Gasteiger partial charge on any atom is 0.220 e. The number of rotatable bonds is 5. The smallest absolute Gasteiger partial charge is 0.220 e. The molecule has 1 amide bonds. The highest BCUT2D eigenvalue weighted by Gasteiger charge is 2.16. The van der Waals surface area contributed by atoms with E-state index in [0.29, 0.717) is 13.0 Å². The van der Waals surface area contributed by atoms with Crippen molar-refractivity contribution in [3.8, 4) is 0 Å². The first-order valence-electron chi connectivity index (χ1n) is 5.25. The summed E-state index contributed by atoms with van der Waals surface area (Å²) in [5, 5.41) is 11.6. The third kappa shape index (κ3) is 4.58. The van der Waals surface area contributed by atoms with Crippen LogP contribution in [-0.4, -0.2) is 36.4 Å². The highest BCUT2D eigenvalue weighted by atomic mass is 16.5. The fraction of sp³-hybridized carbons (Fsp3) is 0.900. The van der Waals surface area contributed by atoms with Gasteiger partial charge in [0.25, 0.3) is 0 Å². The monoisotopic (exact) mass is 201 g/mol. The van der Waals surface area contributed by atoms with Crippen LogP contribution in [0.3, 0.4) is 0 Å². The summed E-state index contributed by atoms with van der Waals surface area (Å²) in [7, 11) is 0. The molecule has 1 aliphatic heterocycles. The van der Waals surface area contributed by atoms with Gasteiger partial charge < -0.3 is 15.2 Å². The van der Waals surface area contributed by atoms with Gasteiger partial charge in [0, 0.05) is 19.6 Å². The molecule has 1 aliphatic rings. The van der Waals surface area contributed by atoms with Crippen LogP contribution in [0.15, 0.2) is 0 Å². The molecule has 0 spiro atoms. The van der Waals surface area contributed by atoms with Gasteiger partial charge in [-0.1, -0.05) is 0 Å². The molecule has 2 N–H and O–H groups in total. The fourth-order valence-corrected chi connectivity index (χ4v) is 1.51. The Bertz CT molecular complexity index is 176. The molecule has 0 aromatic heterocycles.